The zero-order valence-electron chi connectivity index (χ0n) is 20.4. The molecule has 184 valence electrons. The monoisotopic (exact) mass is 464 g/mol. The van der Waals surface area contributed by atoms with Crippen molar-refractivity contribution in [3.05, 3.63) is 11.3 Å². The van der Waals surface area contributed by atoms with Crippen molar-refractivity contribution in [2.45, 2.75) is 90.1 Å². The molecule has 0 aliphatic carbocycles. The van der Waals surface area contributed by atoms with Gasteiger partial charge in [0.1, 0.15) is 18.4 Å². The van der Waals surface area contributed by atoms with E-state index in [0.29, 0.717) is 51.6 Å². The highest BCUT2D eigenvalue weighted by Gasteiger charge is 2.49. The Hall–Kier alpha value is -2.16. The standard InChI is InChI=1S/C24H37FN4O4/c1-5-6-12-31-20-18-8-11-28(22(30)33-23(2,3)4)15-19(18)26-21(27-20)32-16-24-9-7-10-29(24)14-17(25)13-24/h17H,5-16H2,1-4H3/t17-,24+/m1/s1. The summed E-state index contributed by atoms with van der Waals surface area (Å²) in [4.78, 5) is 25.7. The third kappa shape index (κ3) is 5.50. The Kier molecular flexibility index (Phi) is 6.98. The summed E-state index contributed by atoms with van der Waals surface area (Å²) in [5.41, 5.74) is 0.806. The average molecular weight is 465 g/mol. The van der Waals surface area contributed by atoms with Crippen LogP contribution in [0, 0.1) is 0 Å². The van der Waals surface area contributed by atoms with E-state index in [1.54, 1.807) is 4.90 Å². The van der Waals surface area contributed by atoms with Crippen LogP contribution in [0.4, 0.5) is 9.18 Å². The Morgan fingerprint density at radius 1 is 1.24 bits per heavy atom. The Morgan fingerprint density at radius 2 is 2.06 bits per heavy atom. The molecule has 0 radical (unpaired) electrons. The molecule has 0 N–H and O–H groups in total. The smallest absolute Gasteiger partial charge is 0.410 e. The number of hydrogen-bond acceptors (Lipinski definition) is 7. The summed E-state index contributed by atoms with van der Waals surface area (Å²) >= 11 is 0. The first kappa shape index (κ1) is 24.0. The van der Waals surface area contributed by atoms with Gasteiger partial charge in [0, 0.05) is 25.1 Å². The molecule has 0 bridgehead atoms. The topological polar surface area (TPSA) is 77.0 Å². The Balaban J connectivity index is 1.52. The molecule has 2 saturated heterocycles. The number of unbranched alkanes of at least 4 members (excludes halogenated alkanes) is 1. The van der Waals surface area contributed by atoms with Gasteiger partial charge in [-0.05, 0) is 53.0 Å². The summed E-state index contributed by atoms with van der Waals surface area (Å²) in [5, 5.41) is 0. The largest absolute Gasteiger partial charge is 0.477 e. The molecule has 1 aromatic heterocycles. The van der Waals surface area contributed by atoms with Crippen LogP contribution in [0.15, 0.2) is 0 Å². The molecular weight excluding hydrogens is 427 g/mol. The maximum absolute atomic E-state index is 14.1. The fourth-order valence-electron chi connectivity index (χ4n) is 5.00. The first-order valence-electron chi connectivity index (χ1n) is 12.2. The number of amides is 1. The lowest BCUT2D eigenvalue weighted by Gasteiger charge is -2.32. The molecule has 1 aromatic rings. The van der Waals surface area contributed by atoms with E-state index in [9.17, 15) is 9.18 Å². The van der Waals surface area contributed by atoms with Crippen LogP contribution < -0.4 is 9.47 Å². The van der Waals surface area contributed by atoms with Crippen molar-refractivity contribution in [3.63, 3.8) is 0 Å². The van der Waals surface area contributed by atoms with Gasteiger partial charge in [-0.3, -0.25) is 4.90 Å². The molecule has 9 heteroatoms. The van der Waals surface area contributed by atoms with Crippen molar-refractivity contribution in [2.75, 3.05) is 32.8 Å². The van der Waals surface area contributed by atoms with Crippen LogP contribution in [0.1, 0.15) is 71.1 Å². The number of ether oxygens (including phenoxy) is 3. The second-order valence-electron chi connectivity index (χ2n) is 10.5. The number of carbonyl (C=O) groups is 1. The van der Waals surface area contributed by atoms with Crippen LogP contribution in [-0.4, -0.2) is 76.0 Å². The Bertz CT molecular complexity index is 862. The van der Waals surface area contributed by atoms with E-state index in [2.05, 4.69) is 21.8 Å². The van der Waals surface area contributed by atoms with Gasteiger partial charge in [-0.1, -0.05) is 13.3 Å². The molecule has 4 rings (SSSR count). The summed E-state index contributed by atoms with van der Waals surface area (Å²) < 4.78 is 31.7. The van der Waals surface area contributed by atoms with Crippen molar-refractivity contribution in [3.8, 4) is 11.9 Å². The Labute approximate surface area is 195 Å². The first-order chi connectivity index (χ1) is 15.7. The van der Waals surface area contributed by atoms with Gasteiger partial charge in [-0.2, -0.15) is 9.97 Å². The van der Waals surface area contributed by atoms with Crippen molar-refractivity contribution in [1.82, 2.24) is 19.8 Å². The number of alkyl halides is 1. The van der Waals surface area contributed by atoms with E-state index in [-0.39, 0.29) is 17.6 Å². The number of nitrogens with zero attached hydrogens (tertiary/aromatic N) is 4. The van der Waals surface area contributed by atoms with Crippen LogP contribution in [0.2, 0.25) is 0 Å². The van der Waals surface area contributed by atoms with E-state index in [0.717, 1.165) is 43.5 Å². The summed E-state index contributed by atoms with van der Waals surface area (Å²) in [5.74, 6) is 0.530. The fraction of sp³-hybridized carbons (Fsp3) is 0.792. The molecule has 0 aromatic carbocycles. The van der Waals surface area contributed by atoms with Gasteiger partial charge in [0.2, 0.25) is 5.88 Å². The van der Waals surface area contributed by atoms with Crippen LogP contribution >= 0.6 is 0 Å². The number of halogens is 1. The second-order valence-corrected chi connectivity index (χ2v) is 10.5. The van der Waals surface area contributed by atoms with Crippen LogP contribution in [-0.2, 0) is 17.7 Å². The molecular formula is C24H37FN4O4. The van der Waals surface area contributed by atoms with Crippen LogP contribution in [0.25, 0.3) is 0 Å². The molecule has 0 saturated carbocycles. The third-order valence-corrected chi connectivity index (χ3v) is 6.63. The highest BCUT2D eigenvalue weighted by atomic mass is 19.1. The van der Waals surface area contributed by atoms with Crippen molar-refractivity contribution in [1.29, 1.82) is 0 Å². The van der Waals surface area contributed by atoms with Gasteiger partial charge in [0.05, 0.1) is 24.4 Å². The molecule has 2 fully saturated rings. The minimum absolute atomic E-state index is 0.231. The Morgan fingerprint density at radius 3 is 2.82 bits per heavy atom. The summed E-state index contributed by atoms with van der Waals surface area (Å²) in [6.07, 6.45) is 3.83. The molecule has 8 nitrogen and oxygen atoms in total. The van der Waals surface area contributed by atoms with E-state index in [1.165, 1.54) is 0 Å². The first-order valence-corrected chi connectivity index (χ1v) is 12.2. The maximum Gasteiger partial charge on any atom is 0.410 e. The molecule has 4 heterocycles. The normalized spacial score (nSPS) is 25.0. The average Bonchev–Trinajstić information content (AvgIpc) is 3.26. The SMILES string of the molecule is CCCCOc1nc(OC[C@@]23CCCN2C[C@H](F)C3)nc2c1CCN(C(=O)OC(C)(C)C)C2. The zero-order valence-corrected chi connectivity index (χ0v) is 20.4. The number of carbonyl (C=O) groups excluding carboxylic acids is 1. The summed E-state index contributed by atoms with van der Waals surface area (Å²) in [7, 11) is 0. The maximum atomic E-state index is 14.1. The lowest BCUT2D eigenvalue weighted by Crippen LogP contribution is -2.43. The number of hydrogen-bond donors (Lipinski definition) is 0. The van der Waals surface area contributed by atoms with Gasteiger partial charge in [0.25, 0.3) is 0 Å². The molecule has 33 heavy (non-hydrogen) atoms. The molecule has 0 unspecified atom stereocenters. The highest BCUT2D eigenvalue weighted by Crippen LogP contribution is 2.40. The van der Waals surface area contributed by atoms with Crippen LogP contribution in [0.5, 0.6) is 11.9 Å². The molecule has 0 spiro atoms. The third-order valence-electron chi connectivity index (χ3n) is 6.63. The summed E-state index contributed by atoms with van der Waals surface area (Å²) in [6.45, 7) is 10.8. The van der Waals surface area contributed by atoms with E-state index in [4.69, 9.17) is 14.2 Å². The fourth-order valence-corrected chi connectivity index (χ4v) is 5.00. The van der Waals surface area contributed by atoms with E-state index < -0.39 is 11.8 Å². The summed E-state index contributed by atoms with van der Waals surface area (Å²) in [6, 6.07) is 0.231. The minimum Gasteiger partial charge on any atom is -0.477 e. The number of rotatable bonds is 7. The highest BCUT2D eigenvalue weighted by molar-refractivity contribution is 5.68. The predicted molar refractivity (Wildman–Crippen MR) is 121 cm³/mol. The molecule has 2 atom stereocenters. The van der Waals surface area contributed by atoms with Gasteiger partial charge < -0.3 is 19.1 Å². The van der Waals surface area contributed by atoms with Gasteiger partial charge >= 0.3 is 12.1 Å². The molecule has 3 aliphatic rings. The molecule has 3 aliphatic heterocycles. The zero-order chi connectivity index (χ0) is 23.6. The predicted octanol–water partition coefficient (Wildman–Crippen LogP) is 3.90. The van der Waals surface area contributed by atoms with Crippen molar-refractivity contribution >= 4 is 6.09 Å². The van der Waals surface area contributed by atoms with Gasteiger partial charge in [-0.25, -0.2) is 9.18 Å². The van der Waals surface area contributed by atoms with E-state index in [1.807, 2.05) is 20.8 Å². The lowest BCUT2D eigenvalue weighted by molar-refractivity contribution is 0.0218. The van der Waals surface area contributed by atoms with E-state index >= 15 is 0 Å². The van der Waals surface area contributed by atoms with Crippen LogP contribution in [0.3, 0.4) is 0 Å². The second kappa shape index (κ2) is 9.60. The van der Waals surface area contributed by atoms with Crippen molar-refractivity contribution < 1.29 is 23.4 Å². The van der Waals surface area contributed by atoms with Crippen molar-refractivity contribution in [2.24, 2.45) is 0 Å². The molecule has 1 amide bonds. The van der Waals surface area contributed by atoms with Gasteiger partial charge in [0.15, 0.2) is 0 Å². The quantitative estimate of drug-likeness (QED) is 0.566. The number of fused-ring (bicyclic) bond motifs is 2. The van der Waals surface area contributed by atoms with Gasteiger partial charge in [-0.15, -0.1) is 0 Å². The number of aromatic nitrogens is 2. The lowest BCUT2D eigenvalue weighted by atomic mass is 9.95. The minimum atomic E-state index is -0.811.